The van der Waals surface area contributed by atoms with Gasteiger partial charge in [0.15, 0.2) is 0 Å². The molecule has 0 unspecified atom stereocenters. The van der Waals surface area contributed by atoms with Crippen LogP contribution in [-0.4, -0.2) is 41.1 Å². The number of esters is 2. The van der Waals surface area contributed by atoms with Crippen LogP contribution in [0.25, 0.3) is 0 Å². The molecule has 0 spiro atoms. The van der Waals surface area contributed by atoms with Crippen LogP contribution in [0.5, 0.6) is 0 Å². The molecule has 0 aliphatic rings. The molecule has 3 aromatic rings. The van der Waals surface area contributed by atoms with Gasteiger partial charge in [-0.2, -0.15) is 0 Å². The number of ether oxygens (including phenoxy) is 2. The minimum absolute atomic E-state index is 0.0966. The average molecular weight is 475 g/mol. The maximum Gasteiger partial charge on any atom is 0.349 e. The highest BCUT2D eigenvalue weighted by Gasteiger charge is 2.41. The van der Waals surface area contributed by atoms with Gasteiger partial charge in [0.05, 0.1) is 11.1 Å². The van der Waals surface area contributed by atoms with E-state index in [0.29, 0.717) is 11.3 Å². The van der Waals surface area contributed by atoms with Crippen molar-refractivity contribution >= 4 is 29.5 Å². The molecule has 180 valence electrons. The Morgan fingerprint density at radius 2 is 1.23 bits per heavy atom. The van der Waals surface area contributed by atoms with Crippen molar-refractivity contribution in [3.05, 3.63) is 101 Å². The summed E-state index contributed by atoms with van der Waals surface area (Å²) < 4.78 is 10.5. The number of hydrogen-bond acceptors (Lipinski definition) is 6. The Hall–Kier alpha value is -4.46. The smallest absolute Gasteiger partial charge is 0.349 e. The van der Waals surface area contributed by atoms with E-state index in [2.05, 4.69) is 5.32 Å². The van der Waals surface area contributed by atoms with Crippen LogP contribution in [0.1, 0.15) is 37.4 Å². The Labute approximate surface area is 202 Å². The van der Waals surface area contributed by atoms with Gasteiger partial charge < -0.3 is 19.9 Å². The molecule has 2 N–H and O–H groups in total. The minimum Gasteiger partial charge on any atom is -0.478 e. The number of hydrogen-bond donors (Lipinski definition) is 2. The quantitative estimate of drug-likeness (QED) is 0.471. The number of benzene rings is 3. The van der Waals surface area contributed by atoms with E-state index in [0.717, 1.165) is 11.1 Å². The zero-order valence-electron chi connectivity index (χ0n) is 19.5. The van der Waals surface area contributed by atoms with Crippen LogP contribution in [0.3, 0.4) is 0 Å². The zero-order valence-corrected chi connectivity index (χ0v) is 19.5. The van der Waals surface area contributed by atoms with Gasteiger partial charge in [0.1, 0.15) is 0 Å². The molecule has 8 nitrogen and oxygen atoms in total. The van der Waals surface area contributed by atoms with E-state index < -0.39 is 36.0 Å². The molecule has 35 heavy (non-hydrogen) atoms. The molecule has 1 amide bonds. The summed E-state index contributed by atoms with van der Waals surface area (Å²) >= 11 is 0. The summed E-state index contributed by atoms with van der Waals surface area (Å²) in [4.78, 5) is 50.8. The van der Waals surface area contributed by atoms with Crippen molar-refractivity contribution in [2.75, 3.05) is 5.32 Å². The standard InChI is InChI=1S/C27H25NO7/c1-16-8-6-11-19(14-16)26(32)34-22(24(29)28-21-13-5-4-10-18(21)3)23(25(30)31)35-27(33)20-12-7-9-17(2)15-20/h4-15,22-23H,1-3H3,(H,28,29)(H,30,31)/t22-,23+/m0/s1. The Morgan fingerprint density at radius 1 is 0.714 bits per heavy atom. The van der Waals surface area contributed by atoms with Gasteiger partial charge in [0, 0.05) is 5.69 Å². The Kier molecular flexibility index (Phi) is 7.99. The molecule has 3 aromatic carbocycles. The number of carbonyl (C=O) groups is 4. The highest BCUT2D eigenvalue weighted by Crippen LogP contribution is 2.18. The molecule has 2 atom stereocenters. The SMILES string of the molecule is Cc1cccc(C(=O)O[C@H](C(=O)Nc2ccccc2C)[C@@H](OC(=O)c2cccc(C)c2)C(=O)O)c1. The van der Waals surface area contributed by atoms with Gasteiger partial charge in [-0.1, -0.05) is 53.6 Å². The molecule has 8 heteroatoms. The lowest BCUT2D eigenvalue weighted by Gasteiger charge is -2.24. The monoisotopic (exact) mass is 475 g/mol. The van der Waals surface area contributed by atoms with E-state index in [4.69, 9.17) is 9.47 Å². The maximum atomic E-state index is 13.2. The fraction of sp³-hybridized carbons (Fsp3) is 0.185. The van der Waals surface area contributed by atoms with E-state index in [1.807, 2.05) is 0 Å². The van der Waals surface area contributed by atoms with Crippen molar-refractivity contribution < 1.29 is 33.8 Å². The largest absolute Gasteiger partial charge is 0.478 e. The fourth-order valence-corrected chi connectivity index (χ4v) is 3.32. The number of aliphatic carboxylic acids is 1. The zero-order chi connectivity index (χ0) is 25.5. The first-order valence-electron chi connectivity index (χ1n) is 10.8. The highest BCUT2D eigenvalue weighted by atomic mass is 16.6. The summed E-state index contributed by atoms with van der Waals surface area (Å²) in [5, 5.41) is 12.4. The molecule has 0 bridgehead atoms. The number of anilines is 1. The molecule has 0 saturated carbocycles. The van der Waals surface area contributed by atoms with Crippen molar-refractivity contribution in [2.45, 2.75) is 33.0 Å². The lowest BCUT2D eigenvalue weighted by atomic mass is 10.1. The van der Waals surface area contributed by atoms with E-state index in [1.165, 1.54) is 24.3 Å². The molecule has 0 aliphatic heterocycles. The lowest BCUT2D eigenvalue weighted by molar-refractivity contribution is -0.157. The number of carboxylic acid groups (broad SMARTS) is 1. The number of nitrogens with one attached hydrogen (secondary N) is 1. The maximum absolute atomic E-state index is 13.2. The van der Waals surface area contributed by atoms with Gasteiger partial charge in [0.2, 0.25) is 12.2 Å². The number of aryl methyl sites for hydroxylation is 3. The predicted octanol–water partition coefficient (Wildman–Crippen LogP) is 4.09. The summed E-state index contributed by atoms with van der Waals surface area (Å²) in [5.74, 6) is -4.50. The third kappa shape index (κ3) is 6.54. The summed E-state index contributed by atoms with van der Waals surface area (Å²) in [6.45, 7) is 5.27. The Bertz CT molecular complexity index is 1270. The molecule has 0 aromatic heterocycles. The van der Waals surface area contributed by atoms with Gasteiger partial charge in [-0.25, -0.2) is 14.4 Å². The van der Waals surface area contributed by atoms with Crippen LogP contribution in [0.4, 0.5) is 5.69 Å². The number of carbonyl (C=O) groups excluding carboxylic acids is 3. The van der Waals surface area contributed by atoms with E-state index in [1.54, 1.807) is 69.3 Å². The van der Waals surface area contributed by atoms with Crippen molar-refractivity contribution in [2.24, 2.45) is 0 Å². The van der Waals surface area contributed by atoms with E-state index in [9.17, 15) is 24.3 Å². The topological polar surface area (TPSA) is 119 Å². The van der Waals surface area contributed by atoms with E-state index in [-0.39, 0.29) is 11.1 Å². The third-order valence-electron chi connectivity index (χ3n) is 5.16. The van der Waals surface area contributed by atoms with Gasteiger partial charge in [-0.05, 0) is 56.7 Å². The molecule has 3 rings (SSSR count). The third-order valence-corrected chi connectivity index (χ3v) is 5.16. The normalized spacial score (nSPS) is 12.2. The van der Waals surface area contributed by atoms with Crippen LogP contribution in [-0.2, 0) is 19.1 Å². The van der Waals surface area contributed by atoms with Crippen LogP contribution in [0, 0.1) is 20.8 Å². The Morgan fingerprint density at radius 3 is 1.71 bits per heavy atom. The van der Waals surface area contributed by atoms with Gasteiger partial charge in [-0.15, -0.1) is 0 Å². The van der Waals surface area contributed by atoms with Crippen molar-refractivity contribution in [3.8, 4) is 0 Å². The Balaban J connectivity index is 1.93. The van der Waals surface area contributed by atoms with Crippen molar-refractivity contribution in [3.63, 3.8) is 0 Å². The molecular formula is C27H25NO7. The van der Waals surface area contributed by atoms with Crippen LogP contribution >= 0.6 is 0 Å². The lowest BCUT2D eigenvalue weighted by Crippen LogP contribution is -2.48. The van der Waals surface area contributed by atoms with Gasteiger partial charge in [-0.3, -0.25) is 4.79 Å². The molecule has 0 heterocycles. The summed E-state index contributed by atoms with van der Waals surface area (Å²) in [7, 11) is 0. The van der Waals surface area contributed by atoms with Crippen LogP contribution in [0.15, 0.2) is 72.8 Å². The number of rotatable bonds is 8. The molecular weight excluding hydrogens is 450 g/mol. The average Bonchev–Trinajstić information content (AvgIpc) is 2.82. The molecule has 0 radical (unpaired) electrons. The van der Waals surface area contributed by atoms with E-state index >= 15 is 0 Å². The van der Waals surface area contributed by atoms with Crippen LogP contribution < -0.4 is 5.32 Å². The number of para-hydroxylation sites is 1. The van der Waals surface area contributed by atoms with Gasteiger partial charge in [0.25, 0.3) is 5.91 Å². The second kappa shape index (κ2) is 11.1. The second-order valence-electron chi connectivity index (χ2n) is 8.03. The minimum atomic E-state index is -2.10. The first-order chi connectivity index (χ1) is 16.7. The van der Waals surface area contributed by atoms with Crippen molar-refractivity contribution in [1.29, 1.82) is 0 Å². The molecule has 0 saturated heterocycles. The summed E-state index contributed by atoms with van der Waals surface area (Å²) in [6.07, 6.45) is -4.06. The van der Waals surface area contributed by atoms with Gasteiger partial charge >= 0.3 is 17.9 Å². The first-order valence-corrected chi connectivity index (χ1v) is 10.8. The highest BCUT2D eigenvalue weighted by molar-refractivity contribution is 6.01. The van der Waals surface area contributed by atoms with Crippen LogP contribution in [0.2, 0.25) is 0 Å². The number of carboxylic acids is 1. The number of amides is 1. The predicted molar refractivity (Wildman–Crippen MR) is 128 cm³/mol. The summed E-state index contributed by atoms with van der Waals surface area (Å²) in [5.41, 5.74) is 2.83. The van der Waals surface area contributed by atoms with Crippen molar-refractivity contribution in [1.82, 2.24) is 0 Å². The fourth-order valence-electron chi connectivity index (χ4n) is 3.32. The second-order valence-corrected chi connectivity index (χ2v) is 8.03. The first kappa shape index (κ1) is 25.2. The molecule has 0 aliphatic carbocycles. The molecule has 0 fully saturated rings. The summed E-state index contributed by atoms with van der Waals surface area (Å²) in [6, 6.07) is 19.5.